The van der Waals surface area contributed by atoms with E-state index in [4.69, 9.17) is 15.6 Å². The minimum Gasteiger partial charge on any atom is -0.493 e. The van der Waals surface area contributed by atoms with Gasteiger partial charge in [-0.2, -0.15) is 0 Å². The molecule has 4 nitrogen and oxygen atoms in total. The molecule has 0 bridgehead atoms. The summed E-state index contributed by atoms with van der Waals surface area (Å²) in [7, 11) is 0. The number of aliphatic carboxylic acids is 1. The van der Waals surface area contributed by atoms with E-state index in [1.165, 1.54) is 19.3 Å². The second kappa shape index (κ2) is 6.06. The molecule has 1 aliphatic carbocycles. The van der Waals surface area contributed by atoms with Crippen molar-refractivity contribution >= 4 is 5.97 Å². The summed E-state index contributed by atoms with van der Waals surface area (Å²) in [4.78, 5) is 10.8. The molecule has 1 aliphatic rings. The Balaban J connectivity index is 2.09. The normalized spacial score (nSPS) is 16.7. The van der Waals surface area contributed by atoms with Gasteiger partial charge in [-0.15, -0.1) is 0 Å². The summed E-state index contributed by atoms with van der Waals surface area (Å²) in [6, 6.07) is 5.26. The zero-order valence-corrected chi connectivity index (χ0v) is 11.3. The first kappa shape index (κ1) is 13.9. The lowest BCUT2D eigenvalue weighted by atomic mass is 9.86. The Labute approximate surface area is 113 Å². The molecule has 0 heterocycles. The van der Waals surface area contributed by atoms with Crippen molar-refractivity contribution in [3.8, 4) is 5.75 Å². The second-order valence-corrected chi connectivity index (χ2v) is 5.35. The van der Waals surface area contributed by atoms with Crippen molar-refractivity contribution in [2.45, 2.75) is 38.6 Å². The molecule has 0 radical (unpaired) electrons. The molecule has 4 heteroatoms. The number of nitrogens with two attached hydrogens (primary N) is 1. The molecule has 0 aromatic heterocycles. The first-order chi connectivity index (χ1) is 9.06. The van der Waals surface area contributed by atoms with E-state index < -0.39 is 12.0 Å². The predicted molar refractivity (Wildman–Crippen MR) is 73.2 cm³/mol. The van der Waals surface area contributed by atoms with Gasteiger partial charge >= 0.3 is 5.97 Å². The van der Waals surface area contributed by atoms with Gasteiger partial charge < -0.3 is 15.6 Å². The maximum atomic E-state index is 10.8. The second-order valence-electron chi connectivity index (χ2n) is 5.35. The van der Waals surface area contributed by atoms with Crippen LogP contribution in [0.2, 0.25) is 0 Å². The number of ether oxygens (including phenoxy) is 1. The average molecular weight is 263 g/mol. The molecule has 104 valence electrons. The van der Waals surface area contributed by atoms with Crippen molar-refractivity contribution in [3.63, 3.8) is 0 Å². The van der Waals surface area contributed by atoms with Crippen molar-refractivity contribution in [1.82, 2.24) is 0 Å². The molecule has 1 fully saturated rings. The molecule has 0 amide bonds. The molecule has 3 N–H and O–H groups in total. The lowest BCUT2D eigenvalue weighted by molar-refractivity contribution is -0.137. The van der Waals surface area contributed by atoms with E-state index >= 15 is 0 Å². The van der Waals surface area contributed by atoms with Crippen molar-refractivity contribution in [2.75, 3.05) is 6.61 Å². The summed E-state index contributed by atoms with van der Waals surface area (Å²) < 4.78 is 5.83. The number of hydrogen-bond acceptors (Lipinski definition) is 3. The molecule has 2 rings (SSSR count). The molecule has 0 saturated heterocycles. The average Bonchev–Trinajstić information content (AvgIpc) is 2.27. The number of rotatable bonds is 6. The molecule has 1 saturated carbocycles. The third-order valence-corrected chi connectivity index (χ3v) is 3.66. The van der Waals surface area contributed by atoms with Gasteiger partial charge in [0.1, 0.15) is 5.75 Å². The largest absolute Gasteiger partial charge is 0.493 e. The van der Waals surface area contributed by atoms with E-state index in [9.17, 15) is 4.79 Å². The van der Waals surface area contributed by atoms with Crippen LogP contribution in [0.5, 0.6) is 5.75 Å². The number of aryl methyl sites for hydroxylation is 1. The standard InChI is InChI=1S/C15H21NO3/c1-10-5-6-14(19-9-11-3-2-4-11)12(7-10)13(16)8-15(17)18/h5-7,11,13H,2-4,8-9,16H2,1H3,(H,17,18). The van der Waals surface area contributed by atoms with Gasteiger partial charge in [0.2, 0.25) is 0 Å². The van der Waals surface area contributed by atoms with Gasteiger partial charge in [0.15, 0.2) is 0 Å². The fraction of sp³-hybridized carbons (Fsp3) is 0.533. The minimum absolute atomic E-state index is 0.0801. The highest BCUT2D eigenvalue weighted by Gasteiger charge is 2.20. The van der Waals surface area contributed by atoms with Crippen molar-refractivity contribution < 1.29 is 14.6 Å². The number of hydrogen-bond donors (Lipinski definition) is 2. The Morgan fingerprint density at radius 2 is 2.26 bits per heavy atom. The van der Waals surface area contributed by atoms with E-state index in [0.717, 1.165) is 16.9 Å². The Kier molecular flexibility index (Phi) is 4.43. The van der Waals surface area contributed by atoms with Gasteiger partial charge in [-0.1, -0.05) is 24.1 Å². The highest BCUT2D eigenvalue weighted by Crippen LogP contribution is 2.31. The number of carbonyl (C=O) groups is 1. The number of benzene rings is 1. The zero-order chi connectivity index (χ0) is 13.8. The summed E-state index contributed by atoms with van der Waals surface area (Å²) >= 11 is 0. The maximum Gasteiger partial charge on any atom is 0.305 e. The van der Waals surface area contributed by atoms with Crippen LogP contribution >= 0.6 is 0 Å². The first-order valence-corrected chi connectivity index (χ1v) is 6.77. The Bertz CT molecular complexity index is 455. The SMILES string of the molecule is Cc1ccc(OCC2CCC2)c(C(N)CC(=O)O)c1. The van der Waals surface area contributed by atoms with Gasteiger partial charge in [0.25, 0.3) is 0 Å². The van der Waals surface area contributed by atoms with Crippen LogP contribution in [0, 0.1) is 12.8 Å². The lowest BCUT2D eigenvalue weighted by Crippen LogP contribution is -2.21. The van der Waals surface area contributed by atoms with Crippen molar-refractivity contribution in [3.05, 3.63) is 29.3 Å². The minimum atomic E-state index is -0.890. The summed E-state index contributed by atoms with van der Waals surface area (Å²) in [6.07, 6.45) is 3.65. The van der Waals surface area contributed by atoms with E-state index in [0.29, 0.717) is 12.5 Å². The Hall–Kier alpha value is -1.55. The molecule has 1 unspecified atom stereocenters. The monoisotopic (exact) mass is 263 g/mol. The number of carboxylic acids is 1. The summed E-state index contributed by atoms with van der Waals surface area (Å²) in [6.45, 7) is 2.67. The van der Waals surface area contributed by atoms with Gasteiger partial charge in [-0.25, -0.2) is 0 Å². The molecular weight excluding hydrogens is 242 g/mol. The molecule has 19 heavy (non-hydrogen) atoms. The van der Waals surface area contributed by atoms with E-state index in [-0.39, 0.29) is 6.42 Å². The summed E-state index contributed by atoms with van der Waals surface area (Å²) in [5.41, 5.74) is 7.81. The van der Waals surface area contributed by atoms with Crippen LogP contribution in [-0.2, 0) is 4.79 Å². The summed E-state index contributed by atoms with van der Waals surface area (Å²) in [5, 5.41) is 8.85. The molecular formula is C15H21NO3. The summed E-state index contributed by atoms with van der Waals surface area (Å²) in [5.74, 6) is 0.482. The zero-order valence-electron chi connectivity index (χ0n) is 11.3. The van der Waals surface area contributed by atoms with Crippen LogP contribution in [0.1, 0.15) is 42.9 Å². The third kappa shape index (κ3) is 3.70. The smallest absolute Gasteiger partial charge is 0.305 e. The van der Waals surface area contributed by atoms with Crippen molar-refractivity contribution in [1.29, 1.82) is 0 Å². The first-order valence-electron chi connectivity index (χ1n) is 6.77. The molecule has 1 atom stereocenters. The van der Waals surface area contributed by atoms with E-state index in [1.54, 1.807) is 0 Å². The van der Waals surface area contributed by atoms with Crippen molar-refractivity contribution in [2.24, 2.45) is 11.7 Å². The molecule has 0 aliphatic heterocycles. The fourth-order valence-corrected chi connectivity index (χ4v) is 2.25. The van der Waals surface area contributed by atoms with Crippen LogP contribution in [0.15, 0.2) is 18.2 Å². The van der Waals surface area contributed by atoms with Crippen LogP contribution in [-0.4, -0.2) is 17.7 Å². The third-order valence-electron chi connectivity index (χ3n) is 3.66. The molecule has 0 spiro atoms. The fourth-order valence-electron chi connectivity index (χ4n) is 2.25. The number of carboxylic acid groups (broad SMARTS) is 1. The predicted octanol–water partition coefficient (Wildman–Crippen LogP) is 2.65. The van der Waals surface area contributed by atoms with Gasteiger partial charge in [-0.3, -0.25) is 4.79 Å². The highest BCUT2D eigenvalue weighted by atomic mass is 16.5. The van der Waals surface area contributed by atoms with Crippen LogP contribution in [0.25, 0.3) is 0 Å². The van der Waals surface area contributed by atoms with E-state index in [2.05, 4.69) is 0 Å². The van der Waals surface area contributed by atoms with Crippen LogP contribution in [0.4, 0.5) is 0 Å². The molecule has 1 aromatic carbocycles. The Morgan fingerprint density at radius 3 is 2.84 bits per heavy atom. The maximum absolute atomic E-state index is 10.8. The topological polar surface area (TPSA) is 72.5 Å². The van der Waals surface area contributed by atoms with Gasteiger partial charge in [0, 0.05) is 11.6 Å². The molecule has 1 aromatic rings. The Morgan fingerprint density at radius 1 is 1.53 bits per heavy atom. The van der Waals surface area contributed by atoms with Gasteiger partial charge in [-0.05, 0) is 31.7 Å². The lowest BCUT2D eigenvalue weighted by Gasteiger charge is -2.26. The van der Waals surface area contributed by atoms with Gasteiger partial charge in [0.05, 0.1) is 13.0 Å². The van der Waals surface area contributed by atoms with Crippen LogP contribution in [0.3, 0.4) is 0 Å². The van der Waals surface area contributed by atoms with E-state index in [1.807, 2.05) is 25.1 Å². The quantitative estimate of drug-likeness (QED) is 0.827. The highest BCUT2D eigenvalue weighted by molar-refractivity contribution is 5.68. The van der Waals surface area contributed by atoms with Crippen LogP contribution < -0.4 is 10.5 Å².